The van der Waals surface area contributed by atoms with E-state index in [9.17, 15) is 9.59 Å². The minimum atomic E-state index is -0.613. The summed E-state index contributed by atoms with van der Waals surface area (Å²) in [6.07, 6.45) is 0. The monoisotopic (exact) mass is 411 g/mol. The molecule has 150 valence electrons. The van der Waals surface area contributed by atoms with E-state index in [1.807, 2.05) is 36.4 Å². The number of benzene rings is 2. The van der Waals surface area contributed by atoms with Gasteiger partial charge in [-0.3, -0.25) is 9.69 Å². The van der Waals surface area contributed by atoms with Crippen LogP contribution in [0.1, 0.15) is 10.4 Å². The molecule has 1 aromatic heterocycles. The second kappa shape index (κ2) is 8.68. The van der Waals surface area contributed by atoms with E-state index < -0.39 is 11.5 Å². The molecule has 1 fully saturated rings. The Morgan fingerprint density at radius 2 is 1.76 bits per heavy atom. The molecular formula is C22H22ClN3O3. The van der Waals surface area contributed by atoms with E-state index in [1.165, 1.54) is 5.69 Å². The molecule has 4 rings (SSSR count). The van der Waals surface area contributed by atoms with Gasteiger partial charge in [0.1, 0.15) is 11.1 Å². The highest BCUT2D eigenvalue weighted by Crippen LogP contribution is 2.19. The Morgan fingerprint density at radius 3 is 2.52 bits per heavy atom. The number of para-hydroxylation sites is 1. The van der Waals surface area contributed by atoms with Crippen LogP contribution < -0.4 is 15.8 Å². The van der Waals surface area contributed by atoms with Gasteiger partial charge in [0.25, 0.3) is 5.91 Å². The van der Waals surface area contributed by atoms with Crippen molar-refractivity contribution in [1.29, 1.82) is 0 Å². The average Bonchev–Trinajstić information content (AvgIpc) is 2.74. The van der Waals surface area contributed by atoms with Crippen LogP contribution in [0.25, 0.3) is 11.0 Å². The van der Waals surface area contributed by atoms with Crippen molar-refractivity contribution in [3.63, 3.8) is 0 Å². The van der Waals surface area contributed by atoms with Crippen LogP contribution in [0.2, 0.25) is 5.02 Å². The van der Waals surface area contributed by atoms with Gasteiger partial charge >= 0.3 is 5.63 Å². The van der Waals surface area contributed by atoms with Gasteiger partial charge in [0.15, 0.2) is 0 Å². The van der Waals surface area contributed by atoms with Crippen LogP contribution >= 0.6 is 11.6 Å². The lowest BCUT2D eigenvalue weighted by Gasteiger charge is -2.36. The number of anilines is 1. The van der Waals surface area contributed by atoms with Crippen molar-refractivity contribution in [3.8, 4) is 0 Å². The number of nitrogens with one attached hydrogen (secondary N) is 1. The quantitative estimate of drug-likeness (QED) is 0.654. The van der Waals surface area contributed by atoms with Crippen LogP contribution in [0.4, 0.5) is 5.69 Å². The van der Waals surface area contributed by atoms with Crippen LogP contribution in [0, 0.1) is 0 Å². The highest BCUT2D eigenvalue weighted by Gasteiger charge is 2.18. The molecule has 2 heterocycles. The minimum absolute atomic E-state index is 0.0382. The maximum atomic E-state index is 12.4. The average molecular weight is 412 g/mol. The van der Waals surface area contributed by atoms with E-state index in [4.69, 9.17) is 16.0 Å². The summed E-state index contributed by atoms with van der Waals surface area (Å²) in [4.78, 5) is 29.1. The topological polar surface area (TPSA) is 65.8 Å². The van der Waals surface area contributed by atoms with Crippen LogP contribution in [0.15, 0.2) is 63.8 Å². The van der Waals surface area contributed by atoms with Gasteiger partial charge in [-0.25, -0.2) is 4.79 Å². The summed E-state index contributed by atoms with van der Waals surface area (Å²) in [6.45, 7) is 4.88. The molecule has 0 spiro atoms. The maximum Gasteiger partial charge on any atom is 0.349 e. The van der Waals surface area contributed by atoms with Gasteiger partial charge in [-0.1, -0.05) is 29.8 Å². The van der Waals surface area contributed by atoms with Gasteiger partial charge < -0.3 is 14.6 Å². The summed E-state index contributed by atoms with van der Waals surface area (Å²) in [5.41, 5.74) is 1.08. The van der Waals surface area contributed by atoms with E-state index in [2.05, 4.69) is 15.1 Å². The van der Waals surface area contributed by atoms with E-state index in [-0.39, 0.29) is 5.56 Å². The number of rotatable bonds is 5. The minimum Gasteiger partial charge on any atom is -0.422 e. The molecular weight excluding hydrogens is 390 g/mol. The number of carbonyl (C=O) groups is 1. The fourth-order valence-corrected chi connectivity index (χ4v) is 3.65. The summed E-state index contributed by atoms with van der Waals surface area (Å²) in [5.74, 6) is -0.399. The zero-order valence-corrected chi connectivity index (χ0v) is 16.7. The molecule has 0 unspecified atom stereocenters. The van der Waals surface area contributed by atoms with Crippen LogP contribution in [-0.2, 0) is 0 Å². The molecule has 2 aromatic carbocycles. The Bertz CT molecular complexity index is 1060. The summed E-state index contributed by atoms with van der Waals surface area (Å²) in [7, 11) is 0. The molecule has 1 aliphatic rings. The summed E-state index contributed by atoms with van der Waals surface area (Å²) in [6, 6.07) is 16.6. The van der Waals surface area contributed by atoms with E-state index in [1.54, 1.807) is 18.2 Å². The second-order valence-electron chi connectivity index (χ2n) is 7.05. The first-order valence-corrected chi connectivity index (χ1v) is 10.0. The number of amides is 1. The number of halogens is 1. The Kier molecular flexibility index (Phi) is 5.83. The molecule has 1 saturated heterocycles. The standard InChI is InChI=1S/C22H22ClN3O3/c23-17-5-7-18(8-6-17)26-13-11-25(12-14-26)10-9-24-21(27)19-15-16-3-1-2-4-20(16)29-22(19)28/h1-8,15H,9-14H2,(H,24,27). The predicted molar refractivity (Wildman–Crippen MR) is 115 cm³/mol. The second-order valence-corrected chi connectivity index (χ2v) is 7.48. The predicted octanol–water partition coefficient (Wildman–Crippen LogP) is 3.00. The van der Waals surface area contributed by atoms with Crippen molar-refractivity contribution in [2.24, 2.45) is 0 Å². The molecule has 0 radical (unpaired) electrons. The molecule has 3 aromatic rings. The van der Waals surface area contributed by atoms with Crippen molar-refractivity contribution in [2.75, 3.05) is 44.2 Å². The zero-order chi connectivity index (χ0) is 20.2. The van der Waals surface area contributed by atoms with Gasteiger partial charge in [0.2, 0.25) is 0 Å². The Labute approximate surface area is 173 Å². The molecule has 0 aliphatic carbocycles. The Hall–Kier alpha value is -2.83. The number of nitrogens with zero attached hydrogens (tertiary/aromatic N) is 2. The first-order valence-electron chi connectivity index (χ1n) is 9.64. The lowest BCUT2D eigenvalue weighted by Crippen LogP contribution is -2.48. The van der Waals surface area contributed by atoms with Gasteiger partial charge in [-0.2, -0.15) is 0 Å². The van der Waals surface area contributed by atoms with E-state index in [0.717, 1.165) is 43.1 Å². The molecule has 7 heteroatoms. The number of hydrogen-bond donors (Lipinski definition) is 1. The number of carbonyl (C=O) groups excluding carboxylic acids is 1. The molecule has 1 amide bonds. The molecule has 0 atom stereocenters. The molecule has 1 N–H and O–H groups in total. The summed E-state index contributed by atoms with van der Waals surface area (Å²) in [5, 5.41) is 4.30. The lowest BCUT2D eigenvalue weighted by atomic mass is 10.2. The SMILES string of the molecule is O=C(NCCN1CCN(c2ccc(Cl)cc2)CC1)c1cc2ccccc2oc1=O. The first kappa shape index (κ1) is 19.5. The van der Waals surface area contributed by atoms with Crippen molar-refractivity contribution in [1.82, 2.24) is 10.2 Å². The third-order valence-corrected chi connectivity index (χ3v) is 5.42. The molecule has 1 aliphatic heterocycles. The van der Waals surface area contributed by atoms with E-state index >= 15 is 0 Å². The summed E-state index contributed by atoms with van der Waals surface area (Å²) >= 11 is 5.95. The zero-order valence-electron chi connectivity index (χ0n) is 15.9. The van der Waals surface area contributed by atoms with Gasteiger partial charge in [-0.15, -0.1) is 0 Å². The van der Waals surface area contributed by atoms with Crippen LogP contribution in [-0.4, -0.2) is 50.1 Å². The first-order chi connectivity index (χ1) is 14.1. The van der Waals surface area contributed by atoms with Gasteiger partial charge in [-0.05, 0) is 36.4 Å². The fraction of sp³-hybridized carbons (Fsp3) is 0.273. The highest BCUT2D eigenvalue weighted by molar-refractivity contribution is 6.30. The van der Waals surface area contributed by atoms with Gasteiger partial charge in [0.05, 0.1) is 0 Å². The number of piperazine rings is 1. The highest BCUT2D eigenvalue weighted by atomic mass is 35.5. The Balaban J connectivity index is 1.27. The number of fused-ring (bicyclic) bond motifs is 1. The molecule has 6 nitrogen and oxygen atoms in total. The van der Waals surface area contributed by atoms with Crippen molar-refractivity contribution in [2.45, 2.75) is 0 Å². The van der Waals surface area contributed by atoms with Crippen molar-refractivity contribution >= 4 is 34.2 Å². The molecule has 0 bridgehead atoms. The fourth-order valence-electron chi connectivity index (χ4n) is 3.52. The smallest absolute Gasteiger partial charge is 0.349 e. The van der Waals surface area contributed by atoms with Crippen LogP contribution in [0.5, 0.6) is 0 Å². The van der Waals surface area contributed by atoms with Gasteiger partial charge in [0, 0.05) is 55.4 Å². The van der Waals surface area contributed by atoms with Crippen molar-refractivity contribution < 1.29 is 9.21 Å². The third-order valence-electron chi connectivity index (χ3n) is 5.16. The summed E-state index contributed by atoms with van der Waals surface area (Å²) < 4.78 is 5.23. The molecule has 29 heavy (non-hydrogen) atoms. The lowest BCUT2D eigenvalue weighted by molar-refractivity contribution is 0.0944. The third kappa shape index (κ3) is 4.60. The normalized spacial score (nSPS) is 14.9. The maximum absolute atomic E-state index is 12.4. The number of hydrogen-bond acceptors (Lipinski definition) is 5. The van der Waals surface area contributed by atoms with Crippen molar-refractivity contribution in [3.05, 3.63) is 75.6 Å². The van der Waals surface area contributed by atoms with Crippen LogP contribution in [0.3, 0.4) is 0 Å². The van der Waals surface area contributed by atoms with E-state index in [0.29, 0.717) is 12.1 Å². The Morgan fingerprint density at radius 1 is 1.03 bits per heavy atom. The molecule has 0 saturated carbocycles. The largest absolute Gasteiger partial charge is 0.422 e.